The van der Waals surface area contributed by atoms with Gasteiger partial charge >= 0.3 is 5.97 Å². The second-order valence-electron chi connectivity index (χ2n) is 8.36. The van der Waals surface area contributed by atoms with Gasteiger partial charge in [-0.15, -0.1) is 0 Å². The van der Waals surface area contributed by atoms with E-state index in [2.05, 4.69) is 28.6 Å². The average Bonchev–Trinajstić information content (AvgIpc) is 2.78. The van der Waals surface area contributed by atoms with Gasteiger partial charge in [0, 0.05) is 12.2 Å². The summed E-state index contributed by atoms with van der Waals surface area (Å²) in [6.07, 6.45) is -0.277. The number of carboxylic acids is 1. The number of amides is 4. The fourth-order valence-corrected chi connectivity index (χ4v) is 3.30. The summed E-state index contributed by atoms with van der Waals surface area (Å²) in [4.78, 5) is 60.6. The Morgan fingerprint density at radius 1 is 0.943 bits per heavy atom. The minimum absolute atomic E-state index is 0.0663. The van der Waals surface area contributed by atoms with E-state index < -0.39 is 59.7 Å². The molecule has 194 valence electrons. The highest BCUT2D eigenvalue weighted by Gasteiger charge is 2.31. The summed E-state index contributed by atoms with van der Waals surface area (Å²) >= 11 is 4.08. The molecule has 0 saturated carbocycles. The number of aromatic hydroxyl groups is 1. The van der Waals surface area contributed by atoms with Crippen molar-refractivity contribution in [3.8, 4) is 5.75 Å². The number of primary amides is 1. The largest absolute Gasteiger partial charge is 0.508 e. The Morgan fingerprint density at radius 3 is 1.97 bits per heavy atom. The molecule has 0 spiro atoms. The predicted molar refractivity (Wildman–Crippen MR) is 130 cm³/mol. The fourth-order valence-electron chi connectivity index (χ4n) is 3.05. The molecule has 0 radical (unpaired) electrons. The summed E-state index contributed by atoms with van der Waals surface area (Å²) < 4.78 is 0. The van der Waals surface area contributed by atoms with E-state index in [-0.39, 0.29) is 30.8 Å². The maximum absolute atomic E-state index is 12.8. The highest BCUT2D eigenvalue weighted by atomic mass is 32.1. The number of nitrogens with one attached hydrogen (secondary N) is 3. The van der Waals surface area contributed by atoms with Crippen LogP contribution in [0.3, 0.4) is 0 Å². The van der Waals surface area contributed by atoms with Crippen LogP contribution in [0.25, 0.3) is 0 Å². The molecule has 0 heterocycles. The molecule has 4 amide bonds. The summed E-state index contributed by atoms with van der Waals surface area (Å²) in [5.74, 6) is -4.69. The maximum atomic E-state index is 12.8. The zero-order valence-electron chi connectivity index (χ0n) is 19.6. The van der Waals surface area contributed by atoms with Crippen LogP contribution in [0.4, 0.5) is 0 Å². The first-order chi connectivity index (χ1) is 16.3. The molecule has 0 saturated heterocycles. The lowest BCUT2D eigenvalue weighted by Gasteiger charge is -2.25. The van der Waals surface area contributed by atoms with E-state index in [9.17, 15) is 34.2 Å². The number of aliphatic carboxylic acids is 1. The third-order valence-electron chi connectivity index (χ3n) is 5.09. The molecule has 9 N–H and O–H groups in total. The van der Waals surface area contributed by atoms with Crippen LogP contribution >= 0.6 is 12.6 Å². The highest BCUT2D eigenvalue weighted by Crippen LogP contribution is 2.11. The van der Waals surface area contributed by atoms with Crippen LogP contribution in [0, 0.1) is 5.92 Å². The van der Waals surface area contributed by atoms with E-state index in [0.29, 0.717) is 5.56 Å². The summed E-state index contributed by atoms with van der Waals surface area (Å²) in [5.41, 5.74) is 11.8. The minimum Gasteiger partial charge on any atom is -0.508 e. The molecule has 0 fully saturated rings. The van der Waals surface area contributed by atoms with Crippen LogP contribution in [-0.4, -0.2) is 69.7 Å². The van der Waals surface area contributed by atoms with Gasteiger partial charge in [-0.3, -0.25) is 19.2 Å². The number of carbonyl (C=O) groups excluding carboxylic acids is 4. The van der Waals surface area contributed by atoms with Crippen LogP contribution in [0.1, 0.15) is 32.3 Å². The molecule has 1 aromatic carbocycles. The van der Waals surface area contributed by atoms with Crippen molar-refractivity contribution < 1.29 is 34.2 Å². The number of phenols is 1. The van der Waals surface area contributed by atoms with Crippen molar-refractivity contribution in [1.29, 1.82) is 0 Å². The number of nitrogens with two attached hydrogens (primary N) is 2. The SMILES string of the molecule is CC(C)C(NC(=O)C(CCC(N)=O)NC(=O)C(CS)NC(=O)C(N)Cc1ccc(O)cc1)C(=O)O. The van der Waals surface area contributed by atoms with Crippen molar-refractivity contribution in [2.24, 2.45) is 17.4 Å². The van der Waals surface area contributed by atoms with Gasteiger partial charge in [0.15, 0.2) is 0 Å². The van der Waals surface area contributed by atoms with E-state index in [1.807, 2.05) is 0 Å². The lowest BCUT2D eigenvalue weighted by molar-refractivity contribution is -0.143. The average molecular weight is 512 g/mol. The lowest BCUT2D eigenvalue weighted by Crippen LogP contribution is -2.58. The second-order valence-corrected chi connectivity index (χ2v) is 8.72. The van der Waals surface area contributed by atoms with Crippen molar-refractivity contribution in [3.05, 3.63) is 29.8 Å². The third-order valence-corrected chi connectivity index (χ3v) is 5.45. The molecule has 4 atom stereocenters. The van der Waals surface area contributed by atoms with Gasteiger partial charge in [0.2, 0.25) is 23.6 Å². The lowest BCUT2D eigenvalue weighted by atomic mass is 10.0. The number of hydrogen-bond acceptors (Lipinski definition) is 8. The Bertz CT molecular complexity index is 910. The Hall–Kier alpha value is -3.32. The number of thiol groups is 1. The number of carboxylic acid groups (broad SMARTS) is 1. The second kappa shape index (κ2) is 14.2. The molecule has 35 heavy (non-hydrogen) atoms. The van der Waals surface area contributed by atoms with E-state index in [1.54, 1.807) is 26.0 Å². The minimum atomic E-state index is -1.28. The van der Waals surface area contributed by atoms with Crippen LogP contribution in [0.5, 0.6) is 5.75 Å². The van der Waals surface area contributed by atoms with Gasteiger partial charge in [-0.1, -0.05) is 26.0 Å². The smallest absolute Gasteiger partial charge is 0.326 e. The number of benzene rings is 1. The van der Waals surface area contributed by atoms with Crippen LogP contribution in [0.2, 0.25) is 0 Å². The molecular weight excluding hydrogens is 478 g/mol. The van der Waals surface area contributed by atoms with E-state index >= 15 is 0 Å². The summed E-state index contributed by atoms with van der Waals surface area (Å²) in [5, 5.41) is 25.9. The summed E-state index contributed by atoms with van der Waals surface area (Å²) in [7, 11) is 0. The number of rotatable bonds is 14. The van der Waals surface area contributed by atoms with Crippen molar-refractivity contribution in [1.82, 2.24) is 16.0 Å². The normalized spacial score (nSPS) is 14.3. The molecule has 0 aromatic heterocycles. The zero-order chi connectivity index (χ0) is 26.7. The van der Waals surface area contributed by atoms with E-state index in [0.717, 1.165) is 0 Å². The topological polar surface area (TPSA) is 214 Å². The van der Waals surface area contributed by atoms with Gasteiger partial charge in [0.1, 0.15) is 23.9 Å². The molecule has 0 aliphatic carbocycles. The van der Waals surface area contributed by atoms with Gasteiger partial charge in [0.25, 0.3) is 0 Å². The highest BCUT2D eigenvalue weighted by molar-refractivity contribution is 7.80. The van der Waals surface area contributed by atoms with Crippen LogP contribution in [0.15, 0.2) is 24.3 Å². The Balaban J connectivity index is 2.86. The van der Waals surface area contributed by atoms with E-state index in [1.165, 1.54) is 12.1 Å². The molecule has 0 aliphatic rings. The zero-order valence-corrected chi connectivity index (χ0v) is 20.5. The molecule has 12 nitrogen and oxygen atoms in total. The summed E-state index contributed by atoms with van der Waals surface area (Å²) in [6, 6.07) is 1.45. The predicted octanol–water partition coefficient (Wildman–Crippen LogP) is -1.35. The standard InChI is InChI=1S/C22H33N5O7S/c1-11(2)18(22(33)34)27-20(31)15(7-8-17(24)29)25-21(32)16(10-35)26-19(30)14(23)9-12-3-5-13(28)6-4-12/h3-6,11,14-16,18,28,35H,7-10,23H2,1-2H3,(H2,24,29)(H,25,32)(H,26,30)(H,27,31)(H,33,34). The van der Waals surface area contributed by atoms with Crippen molar-refractivity contribution >= 4 is 42.2 Å². The third kappa shape index (κ3) is 10.2. The molecule has 0 aliphatic heterocycles. The van der Waals surface area contributed by atoms with Gasteiger partial charge in [0.05, 0.1) is 6.04 Å². The Kier molecular flexibility index (Phi) is 12.0. The van der Waals surface area contributed by atoms with Crippen molar-refractivity contribution in [3.63, 3.8) is 0 Å². The summed E-state index contributed by atoms with van der Waals surface area (Å²) in [6.45, 7) is 3.20. The monoisotopic (exact) mass is 511 g/mol. The number of hydrogen-bond donors (Lipinski definition) is 8. The van der Waals surface area contributed by atoms with Gasteiger partial charge in [-0.25, -0.2) is 4.79 Å². The first-order valence-corrected chi connectivity index (χ1v) is 11.6. The van der Waals surface area contributed by atoms with Crippen LogP contribution in [-0.2, 0) is 30.4 Å². The first-order valence-electron chi connectivity index (χ1n) is 10.9. The molecule has 13 heteroatoms. The molecule has 1 rings (SSSR count). The Labute approximate surface area is 208 Å². The quantitative estimate of drug-likeness (QED) is 0.139. The molecule has 4 unspecified atom stereocenters. The van der Waals surface area contributed by atoms with Gasteiger partial charge in [-0.05, 0) is 36.5 Å². The van der Waals surface area contributed by atoms with E-state index in [4.69, 9.17) is 11.5 Å². The van der Waals surface area contributed by atoms with Crippen molar-refractivity contribution in [2.45, 2.75) is 57.3 Å². The molecular formula is C22H33N5O7S. The van der Waals surface area contributed by atoms with Gasteiger partial charge < -0.3 is 37.6 Å². The molecule has 0 bridgehead atoms. The van der Waals surface area contributed by atoms with Crippen LogP contribution < -0.4 is 27.4 Å². The fraction of sp³-hybridized carbons (Fsp3) is 0.500. The molecule has 1 aromatic rings. The van der Waals surface area contributed by atoms with Crippen molar-refractivity contribution in [2.75, 3.05) is 5.75 Å². The van der Waals surface area contributed by atoms with Gasteiger partial charge in [-0.2, -0.15) is 12.6 Å². The number of phenolic OH excluding ortho intramolecular Hbond substituents is 1. The first kappa shape index (κ1) is 29.7. The maximum Gasteiger partial charge on any atom is 0.326 e. The Morgan fingerprint density at radius 2 is 1.49 bits per heavy atom. The number of carbonyl (C=O) groups is 5.